The number of nitrogens with one attached hydrogen (secondary N) is 3. The van der Waals surface area contributed by atoms with Crippen molar-refractivity contribution in [2.45, 2.75) is 13.8 Å². The summed E-state index contributed by atoms with van der Waals surface area (Å²) in [5, 5.41) is 9.65. The molecule has 0 radical (unpaired) electrons. The minimum absolute atomic E-state index is 0.240. The first kappa shape index (κ1) is 24.6. The van der Waals surface area contributed by atoms with Crippen molar-refractivity contribution in [3.05, 3.63) is 82.9 Å². The van der Waals surface area contributed by atoms with Gasteiger partial charge in [-0.25, -0.2) is 10.2 Å². The normalized spacial score (nSPS) is 10.6. The number of hydrogen-bond donors (Lipinski definition) is 3. The number of hydrazone groups is 1. The molecule has 0 aromatic heterocycles. The number of benzene rings is 3. The second kappa shape index (κ2) is 12.3. The molecule has 0 unspecified atom stereocenters. The SMILES string of the molecule is CCOc1cc(C=NNC(=O)Nc2ccccc2C)cc(Cl)c1OCC(=O)Nc1ccccc1. The summed E-state index contributed by atoms with van der Waals surface area (Å²) in [6.07, 6.45) is 1.43. The van der Waals surface area contributed by atoms with Crippen molar-refractivity contribution in [2.75, 3.05) is 23.8 Å². The Kier molecular flexibility index (Phi) is 8.88. The summed E-state index contributed by atoms with van der Waals surface area (Å²) in [4.78, 5) is 24.3. The first-order valence-corrected chi connectivity index (χ1v) is 10.9. The van der Waals surface area contributed by atoms with Crippen LogP contribution >= 0.6 is 11.6 Å². The monoisotopic (exact) mass is 480 g/mol. The summed E-state index contributed by atoms with van der Waals surface area (Å²) in [6.45, 7) is 3.83. The van der Waals surface area contributed by atoms with Crippen molar-refractivity contribution in [1.29, 1.82) is 0 Å². The van der Waals surface area contributed by atoms with Crippen molar-refractivity contribution < 1.29 is 19.1 Å². The molecule has 0 saturated carbocycles. The molecule has 3 rings (SSSR count). The summed E-state index contributed by atoms with van der Waals surface area (Å²) in [6, 6.07) is 19.2. The molecule has 3 amide bonds. The van der Waals surface area contributed by atoms with Crippen LogP contribution in [-0.4, -0.2) is 31.4 Å². The Morgan fingerprint density at radius 1 is 1.00 bits per heavy atom. The van der Waals surface area contributed by atoms with Crippen LogP contribution in [0.25, 0.3) is 0 Å². The van der Waals surface area contributed by atoms with Gasteiger partial charge in [-0.05, 0) is 55.3 Å². The number of anilines is 2. The first-order valence-electron chi connectivity index (χ1n) is 10.6. The highest BCUT2D eigenvalue weighted by Gasteiger charge is 2.14. The van der Waals surface area contributed by atoms with Crippen molar-refractivity contribution in [3.8, 4) is 11.5 Å². The van der Waals surface area contributed by atoms with Gasteiger partial charge in [-0.3, -0.25) is 4.79 Å². The van der Waals surface area contributed by atoms with Crippen LogP contribution in [0.2, 0.25) is 5.02 Å². The molecule has 8 nitrogen and oxygen atoms in total. The van der Waals surface area contributed by atoms with E-state index in [4.69, 9.17) is 21.1 Å². The lowest BCUT2D eigenvalue weighted by Crippen LogP contribution is -2.24. The number of carbonyl (C=O) groups excluding carboxylic acids is 2. The van der Waals surface area contributed by atoms with E-state index in [9.17, 15) is 9.59 Å². The van der Waals surface area contributed by atoms with Gasteiger partial charge in [-0.15, -0.1) is 0 Å². The fourth-order valence-corrected chi connectivity index (χ4v) is 3.22. The Balaban J connectivity index is 1.62. The van der Waals surface area contributed by atoms with Crippen molar-refractivity contribution in [1.82, 2.24) is 5.43 Å². The molecule has 3 N–H and O–H groups in total. The molecule has 0 heterocycles. The average molecular weight is 481 g/mol. The quantitative estimate of drug-likeness (QED) is 0.288. The van der Waals surface area contributed by atoms with Gasteiger partial charge in [0.1, 0.15) is 0 Å². The molecule has 0 aliphatic carbocycles. The van der Waals surface area contributed by atoms with E-state index in [2.05, 4.69) is 21.2 Å². The molecule has 0 aliphatic heterocycles. The molecule has 34 heavy (non-hydrogen) atoms. The van der Waals surface area contributed by atoms with E-state index in [1.165, 1.54) is 6.21 Å². The maximum atomic E-state index is 12.2. The van der Waals surface area contributed by atoms with E-state index < -0.39 is 6.03 Å². The summed E-state index contributed by atoms with van der Waals surface area (Å²) < 4.78 is 11.3. The topological polar surface area (TPSA) is 101 Å². The Labute approximate surface area is 202 Å². The fraction of sp³-hybridized carbons (Fsp3) is 0.160. The third-order valence-corrected chi connectivity index (χ3v) is 4.79. The highest BCUT2D eigenvalue weighted by Crippen LogP contribution is 2.36. The van der Waals surface area contributed by atoms with E-state index in [0.29, 0.717) is 29.3 Å². The second-order valence-corrected chi connectivity index (χ2v) is 7.51. The number of carbonyl (C=O) groups is 2. The molecule has 0 fully saturated rings. The predicted molar refractivity (Wildman–Crippen MR) is 134 cm³/mol. The van der Waals surface area contributed by atoms with Gasteiger partial charge < -0.3 is 20.1 Å². The van der Waals surface area contributed by atoms with E-state index in [1.807, 2.05) is 50.2 Å². The fourth-order valence-electron chi connectivity index (χ4n) is 2.95. The molecular weight excluding hydrogens is 456 g/mol. The second-order valence-electron chi connectivity index (χ2n) is 7.10. The van der Waals surface area contributed by atoms with Crippen LogP contribution in [0.3, 0.4) is 0 Å². The van der Waals surface area contributed by atoms with Gasteiger partial charge in [-0.1, -0.05) is 48.0 Å². The zero-order valence-electron chi connectivity index (χ0n) is 18.8. The first-order chi connectivity index (χ1) is 16.5. The van der Waals surface area contributed by atoms with Crippen LogP contribution in [0.4, 0.5) is 16.2 Å². The van der Waals surface area contributed by atoms with Gasteiger partial charge in [0.05, 0.1) is 17.8 Å². The third kappa shape index (κ3) is 7.25. The summed E-state index contributed by atoms with van der Waals surface area (Å²) in [7, 11) is 0. The van der Waals surface area contributed by atoms with E-state index >= 15 is 0 Å². The zero-order chi connectivity index (χ0) is 24.3. The number of aryl methyl sites for hydroxylation is 1. The molecule has 0 atom stereocenters. The molecule has 9 heteroatoms. The van der Waals surface area contributed by atoms with Gasteiger partial charge in [0, 0.05) is 11.4 Å². The average Bonchev–Trinajstić information content (AvgIpc) is 2.81. The van der Waals surface area contributed by atoms with Crippen molar-refractivity contribution >= 4 is 41.1 Å². The van der Waals surface area contributed by atoms with E-state index in [-0.39, 0.29) is 23.3 Å². The van der Waals surface area contributed by atoms with Crippen LogP contribution in [0, 0.1) is 6.92 Å². The molecule has 176 valence electrons. The number of amides is 3. The number of halogens is 1. The lowest BCUT2D eigenvalue weighted by Gasteiger charge is -2.14. The lowest BCUT2D eigenvalue weighted by molar-refractivity contribution is -0.118. The molecule has 3 aromatic rings. The summed E-state index contributed by atoms with van der Waals surface area (Å²) in [5.74, 6) is 0.265. The highest BCUT2D eigenvalue weighted by atomic mass is 35.5. The number of ether oxygens (including phenoxy) is 2. The number of hydrogen-bond acceptors (Lipinski definition) is 5. The van der Waals surface area contributed by atoms with Crippen LogP contribution in [0.1, 0.15) is 18.1 Å². The number of rotatable bonds is 9. The third-order valence-electron chi connectivity index (χ3n) is 4.51. The number of urea groups is 1. The van der Waals surface area contributed by atoms with Crippen LogP contribution in [0.15, 0.2) is 71.8 Å². The van der Waals surface area contributed by atoms with Gasteiger partial charge >= 0.3 is 6.03 Å². The Morgan fingerprint density at radius 3 is 2.47 bits per heavy atom. The summed E-state index contributed by atoms with van der Waals surface area (Å²) >= 11 is 6.38. The molecule has 0 bridgehead atoms. The molecule has 0 saturated heterocycles. The van der Waals surface area contributed by atoms with E-state index in [1.54, 1.807) is 30.3 Å². The maximum Gasteiger partial charge on any atom is 0.339 e. The van der Waals surface area contributed by atoms with Gasteiger partial charge in [-0.2, -0.15) is 5.10 Å². The maximum absolute atomic E-state index is 12.2. The minimum Gasteiger partial charge on any atom is -0.490 e. The van der Waals surface area contributed by atoms with Crippen molar-refractivity contribution in [3.63, 3.8) is 0 Å². The Morgan fingerprint density at radius 2 is 1.74 bits per heavy atom. The van der Waals surface area contributed by atoms with Gasteiger partial charge in [0.15, 0.2) is 18.1 Å². The number of nitrogens with zero attached hydrogens (tertiary/aromatic N) is 1. The Bertz CT molecular complexity index is 1170. The molecule has 0 aliphatic rings. The number of para-hydroxylation sites is 2. The van der Waals surface area contributed by atoms with Gasteiger partial charge in [0.25, 0.3) is 5.91 Å². The van der Waals surface area contributed by atoms with E-state index in [0.717, 1.165) is 5.56 Å². The molecule has 3 aromatic carbocycles. The summed E-state index contributed by atoms with van der Waals surface area (Å²) in [5.41, 5.74) is 5.27. The predicted octanol–water partition coefficient (Wildman–Crippen LogP) is 5.22. The van der Waals surface area contributed by atoms with Gasteiger partial charge in [0.2, 0.25) is 0 Å². The molecule has 0 spiro atoms. The van der Waals surface area contributed by atoms with Crippen molar-refractivity contribution in [2.24, 2.45) is 5.10 Å². The molecular formula is C25H25ClN4O4. The highest BCUT2D eigenvalue weighted by molar-refractivity contribution is 6.32. The largest absolute Gasteiger partial charge is 0.490 e. The smallest absolute Gasteiger partial charge is 0.339 e. The zero-order valence-corrected chi connectivity index (χ0v) is 19.6. The van der Waals surface area contributed by atoms with Crippen LogP contribution < -0.4 is 25.5 Å². The minimum atomic E-state index is -0.480. The standard InChI is InChI=1S/C25H25ClN4O4/c1-3-33-22-14-18(15-27-30-25(32)29-21-12-8-7-9-17(21)2)13-20(26)24(22)34-16-23(31)28-19-10-5-4-6-11-19/h4-15H,3,16H2,1-2H3,(H,28,31)(H2,29,30,32). The van der Waals surface area contributed by atoms with Crippen LogP contribution in [0.5, 0.6) is 11.5 Å². The Hall–Kier alpha value is -4.04. The van der Waals surface area contributed by atoms with Crippen LogP contribution in [-0.2, 0) is 4.79 Å². The lowest BCUT2D eigenvalue weighted by atomic mass is 10.2.